The number of carbonyl (C=O) groups excluding carboxylic acids is 1. The van der Waals surface area contributed by atoms with Crippen molar-refractivity contribution in [2.24, 2.45) is 0 Å². The third-order valence-corrected chi connectivity index (χ3v) is 4.69. The lowest BCUT2D eigenvalue weighted by Gasteiger charge is -2.23. The SMILES string of the molecule is CC(CO)N(C)C(=O)NCc1csc(CCc2ccccc2)n1. The summed E-state index contributed by atoms with van der Waals surface area (Å²) < 4.78 is 0. The fourth-order valence-corrected chi connectivity index (χ4v) is 2.85. The molecule has 2 N–H and O–H groups in total. The van der Waals surface area contributed by atoms with Gasteiger partial charge in [0.2, 0.25) is 0 Å². The van der Waals surface area contributed by atoms with Crippen LogP contribution in [-0.2, 0) is 19.4 Å². The van der Waals surface area contributed by atoms with Crippen molar-refractivity contribution in [3.8, 4) is 0 Å². The summed E-state index contributed by atoms with van der Waals surface area (Å²) in [5.74, 6) is 0. The molecule has 23 heavy (non-hydrogen) atoms. The molecule has 1 unspecified atom stereocenters. The van der Waals surface area contributed by atoms with Gasteiger partial charge in [0.1, 0.15) is 0 Å². The van der Waals surface area contributed by atoms with Gasteiger partial charge in [-0.2, -0.15) is 0 Å². The van der Waals surface area contributed by atoms with E-state index in [0.29, 0.717) is 6.54 Å². The third-order valence-electron chi connectivity index (χ3n) is 3.74. The summed E-state index contributed by atoms with van der Waals surface area (Å²) >= 11 is 1.62. The van der Waals surface area contributed by atoms with Gasteiger partial charge in [0.05, 0.1) is 29.9 Å². The molecular weight excluding hydrogens is 310 g/mol. The minimum atomic E-state index is -0.203. The Labute approximate surface area is 141 Å². The molecule has 6 heteroatoms. The zero-order chi connectivity index (χ0) is 16.7. The van der Waals surface area contributed by atoms with Crippen LogP contribution in [0.4, 0.5) is 4.79 Å². The predicted molar refractivity (Wildman–Crippen MR) is 92.5 cm³/mol. The molecule has 0 bridgehead atoms. The minimum absolute atomic E-state index is 0.0513. The van der Waals surface area contributed by atoms with Crippen molar-refractivity contribution in [2.45, 2.75) is 32.4 Å². The van der Waals surface area contributed by atoms with Gasteiger partial charge in [0.25, 0.3) is 0 Å². The highest BCUT2D eigenvalue weighted by molar-refractivity contribution is 7.09. The van der Waals surface area contributed by atoms with E-state index in [1.165, 1.54) is 10.5 Å². The first-order valence-corrected chi connectivity index (χ1v) is 8.57. The van der Waals surface area contributed by atoms with Crippen LogP contribution in [0.25, 0.3) is 0 Å². The van der Waals surface area contributed by atoms with Gasteiger partial charge in [0, 0.05) is 18.8 Å². The van der Waals surface area contributed by atoms with Gasteiger partial charge in [-0.1, -0.05) is 30.3 Å². The summed E-state index contributed by atoms with van der Waals surface area (Å²) in [6, 6.07) is 9.93. The van der Waals surface area contributed by atoms with Gasteiger partial charge in [-0.05, 0) is 18.9 Å². The summed E-state index contributed by atoms with van der Waals surface area (Å²) in [6.07, 6.45) is 1.88. The van der Waals surface area contributed by atoms with Crippen molar-refractivity contribution >= 4 is 17.4 Å². The van der Waals surface area contributed by atoms with Crippen molar-refractivity contribution in [2.75, 3.05) is 13.7 Å². The second kappa shape index (κ2) is 8.64. The van der Waals surface area contributed by atoms with E-state index in [9.17, 15) is 4.79 Å². The Morgan fingerprint density at radius 1 is 1.35 bits per heavy atom. The zero-order valence-electron chi connectivity index (χ0n) is 13.5. The molecule has 2 amide bonds. The molecule has 2 rings (SSSR count). The molecule has 0 aliphatic carbocycles. The Kier molecular flexibility index (Phi) is 6.55. The number of rotatable bonds is 7. The van der Waals surface area contributed by atoms with Crippen LogP contribution in [-0.4, -0.2) is 40.7 Å². The molecule has 1 aromatic carbocycles. The Hall–Kier alpha value is -1.92. The van der Waals surface area contributed by atoms with Crippen molar-refractivity contribution in [1.29, 1.82) is 0 Å². The Morgan fingerprint density at radius 2 is 2.09 bits per heavy atom. The summed E-state index contributed by atoms with van der Waals surface area (Å²) in [7, 11) is 1.67. The Morgan fingerprint density at radius 3 is 2.78 bits per heavy atom. The first-order chi connectivity index (χ1) is 11.1. The number of aliphatic hydroxyl groups is 1. The highest BCUT2D eigenvalue weighted by Crippen LogP contribution is 2.13. The smallest absolute Gasteiger partial charge is 0.317 e. The van der Waals surface area contributed by atoms with Gasteiger partial charge in [-0.25, -0.2) is 9.78 Å². The number of hydrogen-bond acceptors (Lipinski definition) is 4. The first kappa shape index (κ1) is 17.4. The quantitative estimate of drug-likeness (QED) is 0.818. The van der Waals surface area contributed by atoms with Crippen LogP contribution in [0.2, 0.25) is 0 Å². The van der Waals surface area contributed by atoms with Gasteiger partial charge in [-0.3, -0.25) is 0 Å². The number of nitrogens with one attached hydrogen (secondary N) is 1. The van der Waals surface area contributed by atoms with Crippen LogP contribution in [0.3, 0.4) is 0 Å². The summed E-state index contributed by atoms with van der Waals surface area (Å²) in [6.45, 7) is 2.15. The standard InChI is InChI=1S/C17H23N3O2S/c1-13(11-21)20(2)17(22)18-10-15-12-23-16(19-15)9-8-14-6-4-3-5-7-14/h3-7,12-13,21H,8-11H2,1-2H3,(H,18,22). The molecule has 5 nitrogen and oxygen atoms in total. The van der Waals surface area contributed by atoms with E-state index in [0.717, 1.165) is 23.5 Å². The van der Waals surface area contributed by atoms with E-state index < -0.39 is 0 Å². The van der Waals surface area contributed by atoms with Gasteiger partial charge < -0.3 is 15.3 Å². The Bertz CT molecular complexity index is 615. The number of aromatic nitrogens is 1. The molecule has 2 aromatic rings. The van der Waals surface area contributed by atoms with Crippen LogP contribution in [0, 0.1) is 0 Å². The van der Waals surface area contributed by atoms with Crippen LogP contribution >= 0.6 is 11.3 Å². The van der Waals surface area contributed by atoms with Crippen molar-refractivity contribution < 1.29 is 9.90 Å². The predicted octanol–water partition coefficient (Wildman–Crippen LogP) is 2.45. The number of thiazole rings is 1. The van der Waals surface area contributed by atoms with Crippen molar-refractivity contribution in [3.63, 3.8) is 0 Å². The van der Waals surface area contributed by atoms with Crippen LogP contribution in [0.5, 0.6) is 0 Å². The molecule has 0 aliphatic heterocycles. The average molecular weight is 333 g/mol. The van der Waals surface area contributed by atoms with Crippen LogP contribution in [0.1, 0.15) is 23.2 Å². The molecule has 0 saturated carbocycles. The maximum absolute atomic E-state index is 11.9. The van der Waals surface area contributed by atoms with Crippen molar-refractivity contribution in [3.05, 3.63) is 52.0 Å². The number of nitrogens with zero attached hydrogens (tertiary/aromatic N) is 2. The molecular formula is C17H23N3O2S. The topological polar surface area (TPSA) is 65.5 Å². The normalized spacial score (nSPS) is 12.0. The van der Waals surface area contributed by atoms with Crippen LogP contribution in [0.15, 0.2) is 35.7 Å². The van der Waals surface area contributed by atoms with E-state index in [1.54, 1.807) is 25.3 Å². The number of urea groups is 1. The second-order valence-electron chi connectivity index (χ2n) is 5.52. The molecule has 1 aromatic heterocycles. The summed E-state index contributed by atoms with van der Waals surface area (Å²) in [5, 5.41) is 14.9. The number of aryl methyl sites for hydroxylation is 2. The number of amides is 2. The van der Waals surface area contributed by atoms with E-state index >= 15 is 0 Å². The second-order valence-corrected chi connectivity index (χ2v) is 6.46. The molecule has 1 atom stereocenters. The molecule has 0 aliphatic rings. The molecule has 0 radical (unpaired) electrons. The highest BCUT2D eigenvalue weighted by atomic mass is 32.1. The number of likely N-dealkylation sites (N-methyl/N-ethyl adjacent to an activating group) is 1. The molecule has 0 spiro atoms. The lowest BCUT2D eigenvalue weighted by atomic mass is 10.1. The van der Waals surface area contributed by atoms with Gasteiger partial charge in [0.15, 0.2) is 0 Å². The van der Waals surface area contributed by atoms with E-state index in [-0.39, 0.29) is 18.7 Å². The van der Waals surface area contributed by atoms with Crippen LogP contribution < -0.4 is 5.32 Å². The Balaban J connectivity index is 1.79. The number of hydrogen-bond donors (Lipinski definition) is 2. The summed E-state index contributed by atoms with van der Waals surface area (Å²) in [5.41, 5.74) is 2.17. The lowest BCUT2D eigenvalue weighted by Crippen LogP contribution is -2.43. The number of aliphatic hydroxyl groups excluding tert-OH is 1. The lowest BCUT2D eigenvalue weighted by molar-refractivity contribution is 0.157. The highest BCUT2D eigenvalue weighted by Gasteiger charge is 2.14. The molecule has 124 valence electrons. The molecule has 1 heterocycles. The van der Waals surface area contributed by atoms with E-state index in [1.807, 2.05) is 23.6 Å². The fourth-order valence-electron chi connectivity index (χ4n) is 2.05. The molecule has 0 saturated heterocycles. The monoisotopic (exact) mass is 333 g/mol. The fraction of sp³-hybridized carbons (Fsp3) is 0.412. The third kappa shape index (κ3) is 5.33. The van der Waals surface area contributed by atoms with E-state index in [2.05, 4.69) is 22.4 Å². The summed E-state index contributed by atoms with van der Waals surface area (Å²) in [4.78, 5) is 18.0. The molecule has 0 fully saturated rings. The number of benzene rings is 1. The van der Waals surface area contributed by atoms with Gasteiger partial charge >= 0.3 is 6.03 Å². The van der Waals surface area contributed by atoms with E-state index in [4.69, 9.17) is 5.11 Å². The maximum atomic E-state index is 11.9. The van der Waals surface area contributed by atoms with Gasteiger partial charge in [-0.15, -0.1) is 11.3 Å². The van der Waals surface area contributed by atoms with Crippen molar-refractivity contribution in [1.82, 2.24) is 15.2 Å². The average Bonchev–Trinajstić information content (AvgIpc) is 3.05. The number of carbonyl (C=O) groups is 1. The largest absolute Gasteiger partial charge is 0.394 e. The zero-order valence-corrected chi connectivity index (χ0v) is 14.3. The first-order valence-electron chi connectivity index (χ1n) is 7.69. The minimum Gasteiger partial charge on any atom is -0.394 e. The maximum Gasteiger partial charge on any atom is 0.317 e.